The molecule has 2 aromatic carbocycles. The molecule has 4 aliphatic carbocycles. The molecule has 47 heavy (non-hydrogen) atoms. The Hall–Kier alpha value is -0.0516. The summed E-state index contributed by atoms with van der Waals surface area (Å²) in [5.41, 5.74) is 5.65. The summed E-state index contributed by atoms with van der Waals surface area (Å²) in [5, 5.41) is 0. The number of nitrogens with zero attached hydrogens (tertiary/aromatic N) is 1. The Labute approximate surface area is 323 Å². The van der Waals surface area contributed by atoms with Gasteiger partial charge >= 0.3 is 46.1 Å². The Morgan fingerprint density at radius 3 is 1.17 bits per heavy atom. The molecule has 0 N–H and O–H groups in total. The van der Waals surface area contributed by atoms with E-state index in [4.69, 9.17) is 0 Å². The second-order valence-electron chi connectivity index (χ2n) is 15.3. The predicted molar refractivity (Wildman–Crippen MR) is 201 cm³/mol. The Morgan fingerprint density at radius 1 is 0.553 bits per heavy atom. The van der Waals surface area contributed by atoms with E-state index in [9.17, 15) is 13.2 Å². The minimum atomic E-state index is -4.23. The number of hydrogen-bond acceptors (Lipinski definition) is 0. The Kier molecular flexibility index (Phi) is 19.8. The van der Waals surface area contributed by atoms with Crippen LogP contribution < -0.4 is 0 Å². The molecule has 7 heteroatoms. The molecule has 0 saturated heterocycles. The van der Waals surface area contributed by atoms with Crippen LogP contribution >= 0.6 is 0 Å². The maximum atomic E-state index is 12.9. The molecule has 267 valence electrons. The molecule has 4 fully saturated rings. The van der Waals surface area contributed by atoms with Gasteiger partial charge in [0.15, 0.2) is 0 Å². The van der Waals surface area contributed by atoms with Crippen molar-refractivity contribution >= 4 is 17.9 Å². The fraction of sp³-hybridized carbons (Fsp3) is 0.650. The maximum Gasteiger partial charge on any atom is 3.00 e. The first kappa shape index (κ1) is 45.0. The molecule has 2 aromatic rings. The Balaban J connectivity index is 0.000000376. The Bertz CT molecular complexity index is 1150. The van der Waals surface area contributed by atoms with E-state index >= 15 is 0 Å². The number of fused-ring (bicyclic) bond motifs is 2. The molecule has 0 amide bonds. The zero-order valence-corrected chi connectivity index (χ0v) is 35.6. The molecule has 0 aliphatic heterocycles. The monoisotopic (exact) mass is 830 g/mol. The van der Waals surface area contributed by atoms with Crippen LogP contribution in [0.1, 0.15) is 122 Å². The van der Waals surface area contributed by atoms with Gasteiger partial charge in [0, 0.05) is 0 Å². The first-order valence-electron chi connectivity index (χ1n) is 17.7. The van der Waals surface area contributed by atoms with E-state index in [0.29, 0.717) is 5.92 Å². The van der Waals surface area contributed by atoms with Crippen LogP contribution in [0.2, 0.25) is 26.2 Å². The molecule has 4 unspecified atom stereocenters. The molecular formula is C40H65F3GdNSi2. The van der Waals surface area contributed by atoms with E-state index in [1.165, 1.54) is 87.5 Å². The Morgan fingerprint density at radius 2 is 0.872 bits per heavy atom. The smallest absolute Gasteiger partial charge is 0.672 e. The second-order valence-corrected chi connectivity index (χ2v) is 20.9. The van der Waals surface area contributed by atoms with Gasteiger partial charge in [-0.05, 0) is 105 Å². The number of rotatable bonds is 4. The summed E-state index contributed by atoms with van der Waals surface area (Å²) < 4.78 is 43.3. The van der Waals surface area contributed by atoms with Gasteiger partial charge in [0.2, 0.25) is 0 Å². The number of benzene rings is 2. The van der Waals surface area contributed by atoms with Crippen molar-refractivity contribution in [2.45, 2.75) is 142 Å². The molecule has 4 saturated carbocycles. The fourth-order valence-electron chi connectivity index (χ4n) is 9.06. The summed E-state index contributed by atoms with van der Waals surface area (Å²) in [7, 11) is -1.08. The average Bonchev–Trinajstić information content (AvgIpc) is 3.56. The van der Waals surface area contributed by atoms with Gasteiger partial charge in [-0.2, -0.15) is 13.2 Å². The molecule has 0 heterocycles. The molecule has 0 bridgehead atoms. The van der Waals surface area contributed by atoms with Gasteiger partial charge in [0.25, 0.3) is 0 Å². The third-order valence-electron chi connectivity index (χ3n) is 10.7. The van der Waals surface area contributed by atoms with Crippen molar-refractivity contribution in [2.24, 2.45) is 23.7 Å². The van der Waals surface area contributed by atoms with Crippen LogP contribution in [0.25, 0.3) is 4.65 Å². The molecule has 0 aromatic heterocycles. The SMILES string of the molecule is C[SiH](C)[N-][SiH](C)C.Cc1cc(C)cc(C2CC3CCCCC3C2)c1.Cc1cc(C2CC3CCCCC3C2)cc(C(F)(F)F)c1.[CH3-].[CH3-].[Gd+3]. The van der Waals surface area contributed by atoms with Crippen molar-refractivity contribution in [3.8, 4) is 0 Å². The van der Waals surface area contributed by atoms with Gasteiger partial charge in [0.05, 0.1) is 5.56 Å². The molecule has 1 radical (unpaired) electrons. The van der Waals surface area contributed by atoms with Gasteiger partial charge in [0.1, 0.15) is 0 Å². The minimum Gasteiger partial charge on any atom is -0.672 e. The number of alkyl halides is 3. The zero-order chi connectivity index (χ0) is 32.0. The first-order valence-corrected chi connectivity index (χ1v) is 23.4. The number of halogens is 3. The summed E-state index contributed by atoms with van der Waals surface area (Å²) in [4.78, 5) is 0. The van der Waals surface area contributed by atoms with Crippen molar-refractivity contribution in [3.05, 3.63) is 89.3 Å². The second kappa shape index (κ2) is 20.7. The maximum absolute atomic E-state index is 12.9. The van der Waals surface area contributed by atoms with Crippen LogP contribution in [0.4, 0.5) is 13.2 Å². The molecule has 4 aliphatic rings. The number of aryl methyl sites for hydroxylation is 3. The standard InChI is InChI=1S/C17H21F3.C17H24.C4H14NSi2.2CH3.Gd/c1-11-6-14(10-16(7-11)17(18,19)20)15-8-12-4-2-3-5-13(12)9-15;1-12-7-13(2)9-16(8-12)17-10-14-5-3-4-6-15(14)11-17;1-6(2)5-7(3)4;;;/h6-7,10,12-13,15H,2-5,8-9H2,1H3;7-9,14-15,17H,3-6,10-11H2,1-2H3;6-7H,1-4H3;2*1H3;/q;;3*-1;+3. The van der Waals surface area contributed by atoms with E-state index < -0.39 is 29.7 Å². The van der Waals surface area contributed by atoms with Gasteiger partial charge in [-0.1, -0.05) is 136 Å². The van der Waals surface area contributed by atoms with Crippen molar-refractivity contribution in [3.63, 3.8) is 0 Å². The molecule has 1 nitrogen and oxygen atoms in total. The van der Waals surface area contributed by atoms with Gasteiger partial charge in [-0.3, -0.25) is 0 Å². The quantitative estimate of drug-likeness (QED) is 0.215. The first-order chi connectivity index (χ1) is 20.8. The summed E-state index contributed by atoms with van der Waals surface area (Å²) in [6.45, 7) is 15.3. The summed E-state index contributed by atoms with van der Waals surface area (Å²) in [6, 6.07) is 11.7. The van der Waals surface area contributed by atoms with Gasteiger partial charge in [-0.15, -0.1) is 0 Å². The summed E-state index contributed by atoms with van der Waals surface area (Å²) >= 11 is 0. The van der Waals surface area contributed by atoms with Crippen molar-refractivity contribution in [1.82, 2.24) is 0 Å². The van der Waals surface area contributed by atoms with Crippen LogP contribution in [-0.2, 0) is 6.18 Å². The zero-order valence-electron chi connectivity index (χ0n) is 31.0. The van der Waals surface area contributed by atoms with Crippen molar-refractivity contribution in [1.29, 1.82) is 0 Å². The third-order valence-corrected chi connectivity index (χ3v) is 15.5. The normalized spacial score (nSPS) is 26.3. The van der Waals surface area contributed by atoms with Crippen LogP contribution in [-0.4, -0.2) is 17.9 Å². The third kappa shape index (κ3) is 13.9. The number of hydrogen-bond donors (Lipinski definition) is 0. The van der Waals surface area contributed by atoms with Crippen molar-refractivity contribution < 1.29 is 53.1 Å². The fourth-order valence-corrected chi connectivity index (χ4v) is 13.8. The minimum absolute atomic E-state index is 0. The van der Waals surface area contributed by atoms with Crippen LogP contribution in [0.3, 0.4) is 0 Å². The van der Waals surface area contributed by atoms with Crippen LogP contribution in [0, 0.1) is 99.2 Å². The van der Waals surface area contributed by atoms with Gasteiger partial charge in [-0.25, -0.2) is 0 Å². The summed E-state index contributed by atoms with van der Waals surface area (Å²) in [6.07, 6.45) is 12.0. The largest absolute Gasteiger partial charge is 3.00 e. The molecule has 0 spiro atoms. The molecule has 6 rings (SSSR count). The average molecular weight is 830 g/mol. The van der Waals surface area contributed by atoms with E-state index in [0.717, 1.165) is 53.6 Å². The predicted octanol–water partition coefficient (Wildman–Crippen LogP) is 12.9. The van der Waals surface area contributed by atoms with Crippen molar-refractivity contribution in [2.75, 3.05) is 0 Å². The van der Waals surface area contributed by atoms with Crippen LogP contribution in [0.15, 0.2) is 36.4 Å². The van der Waals surface area contributed by atoms with E-state index in [2.05, 4.69) is 62.9 Å². The molecule has 4 atom stereocenters. The molecular weight excluding hydrogens is 765 g/mol. The van der Waals surface area contributed by atoms with Gasteiger partial charge < -0.3 is 19.5 Å². The van der Waals surface area contributed by atoms with E-state index in [1.807, 2.05) is 6.07 Å². The van der Waals surface area contributed by atoms with Crippen LogP contribution in [0.5, 0.6) is 0 Å². The van der Waals surface area contributed by atoms with E-state index in [1.54, 1.807) is 12.5 Å². The summed E-state index contributed by atoms with van der Waals surface area (Å²) in [5.74, 6) is 4.81. The van der Waals surface area contributed by atoms with E-state index in [-0.39, 0.29) is 54.8 Å². The topological polar surface area (TPSA) is 14.1 Å².